The zero-order valence-corrected chi connectivity index (χ0v) is 13.4. The van der Waals surface area contributed by atoms with Crippen LogP contribution in [0.1, 0.15) is 30.4 Å². The first kappa shape index (κ1) is 16.4. The normalized spacial score (nSPS) is 25.6. The molecule has 2 heterocycles. The van der Waals surface area contributed by atoms with Crippen molar-refractivity contribution in [3.8, 4) is 0 Å². The van der Waals surface area contributed by atoms with Crippen molar-refractivity contribution in [3.63, 3.8) is 0 Å². The Balaban J connectivity index is 1.67. The highest BCUT2D eigenvalue weighted by Crippen LogP contribution is 2.23. The lowest BCUT2D eigenvalue weighted by atomic mass is 10.0. The molecule has 0 saturated carbocycles. The van der Waals surface area contributed by atoms with Gasteiger partial charge >= 0.3 is 5.97 Å². The molecule has 2 atom stereocenters. The minimum Gasteiger partial charge on any atom is -0.481 e. The Hall–Kier alpha value is -1.43. The van der Waals surface area contributed by atoms with E-state index in [0.29, 0.717) is 12.1 Å². The van der Waals surface area contributed by atoms with Gasteiger partial charge in [-0.3, -0.25) is 9.69 Å². The summed E-state index contributed by atoms with van der Waals surface area (Å²) in [4.78, 5) is 13.5. The fourth-order valence-corrected chi connectivity index (χ4v) is 3.51. The minimum absolute atomic E-state index is 0.0803. The number of benzene rings is 1. The van der Waals surface area contributed by atoms with E-state index in [1.165, 1.54) is 0 Å². The zero-order chi connectivity index (χ0) is 16.1. The van der Waals surface area contributed by atoms with Crippen LogP contribution in [0.3, 0.4) is 0 Å². The summed E-state index contributed by atoms with van der Waals surface area (Å²) in [6.07, 6.45) is 3.72. The van der Waals surface area contributed by atoms with Crippen molar-refractivity contribution < 1.29 is 19.4 Å². The van der Waals surface area contributed by atoms with Crippen molar-refractivity contribution in [3.05, 3.63) is 35.4 Å². The highest BCUT2D eigenvalue weighted by atomic mass is 16.5. The molecule has 1 aromatic carbocycles. The van der Waals surface area contributed by atoms with Crippen molar-refractivity contribution in [1.29, 1.82) is 0 Å². The predicted molar refractivity (Wildman–Crippen MR) is 86.4 cm³/mol. The van der Waals surface area contributed by atoms with Crippen molar-refractivity contribution in [2.75, 3.05) is 26.4 Å². The summed E-state index contributed by atoms with van der Waals surface area (Å²) < 4.78 is 11.4. The number of carboxylic acid groups (broad SMARTS) is 1. The van der Waals surface area contributed by atoms with Gasteiger partial charge in [0.1, 0.15) is 0 Å². The second-order valence-electron chi connectivity index (χ2n) is 6.41. The molecule has 0 aliphatic carbocycles. The Morgan fingerprint density at radius 3 is 2.83 bits per heavy atom. The molecule has 3 rings (SSSR count). The van der Waals surface area contributed by atoms with Crippen LogP contribution in [-0.2, 0) is 27.2 Å². The van der Waals surface area contributed by atoms with Gasteiger partial charge in [0.2, 0.25) is 0 Å². The van der Waals surface area contributed by atoms with Crippen LogP contribution in [-0.4, -0.2) is 54.5 Å². The van der Waals surface area contributed by atoms with Gasteiger partial charge in [0, 0.05) is 25.7 Å². The van der Waals surface area contributed by atoms with Crippen LogP contribution in [0.2, 0.25) is 0 Å². The Morgan fingerprint density at radius 1 is 1.26 bits per heavy atom. The molecule has 0 amide bonds. The summed E-state index contributed by atoms with van der Waals surface area (Å²) in [5, 5.41) is 9.09. The maximum Gasteiger partial charge on any atom is 0.307 e. The Morgan fingerprint density at radius 2 is 2.09 bits per heavy atom. The van der Waals surface area contributed by atoms with Crippen LogP contribution < -0.4 is 0 Å². The lowest BCUT2D eigenvalue weighted by molar-refractivity contribution is -0.136. The molecule has 2 unspecified atom stereocenters. The number of carbonyl (C=O) groups is 1. The summed E-state index contributed by atoms with van der Waals surface area (Å²) >= 11 is 0. The maximum atomic E-state index is 11.1. The van der Waals surface area contributed by atoms with Gasteiger partial charge in [-0.25, -0.2) is 0 Å². The number of morpholine rings is 1. The van der Waals surface area contributed by atoms with Crippen molar-refractivity contribution >= 4 is 5.97 Å². The molecule has 0 bridgehead atoms. The molecule has 1 aromatic rings. The molecule has 0 spiro atoms. The quantitative estimate of drug-likeness (QED) is 0.870. The monoisotopic (exact) mass is 319 g/mol. The van der Waals surface area contributed by atoms with E-state index >= 15 is 0 Å². The van der Waals surface area contributed by atoms with Gasteiger partial charge in [0.05, 0.1) is 25.7 Å². The molecule has 2 fully saturated rings. The van der Waals surface area contributed by atoms with Crippen molar-refractivity contribution in [1.82, 2.24) is 4.90 Å². The number of aliphatic carboxylic acids is 1. The van der Waals surface area contributed by atoms with E-state index in [0.717, 1.165) is 63.3 Å². The average Bonchev–Trinajstić information content (AvgIpc) is 3.04. The number of hydrogen-bond acceptors (Lipinski definition) is 4. The minimum atomic E-state index is -0.782. The van der Waals surface area contributed by atoms with Crippen LogP contribution in [0.4, 0.5) is 0 Å². The first-order chi connectivity index (χ1) is 11.2. The van der Waals surface area contributed by atoms with Crippen LogP contribution >= 0.6 is 0 Å². The number of nitrogens with zero attached hydrogens (tertiary/aromatic N) is 1. The predicted octanol–water partition coefficient (Wildman–Crippen LogP) is 2.08. The molecule has 126 valence electrons. The summed E-state index contributed by atoms with van der Waals surface area (Å²) in [6.45, 7) is 4.02. The molecule has 23 heavy (non-hydrogen) atoms. The van der Waals surface area contributed by atoms with Gasteiger partial charge in [-0.2, -0.15) is 0 Å². The highest BCUT2D eigenvalue weighted by Gasteiger charge is 2.28. The molecule has 2 aliphatic heterocycles. The fourth-order valence-electron chi connectivity index (χ4n) is 3.51. The van der Waals surface area contributed by atoms with E-state index < -0.39 is 5.97 Å². The molecular formula is C18H25NO4. The Bertz CT molecular complexity index is 528. The molecule has 0 radical (unpaired) electrons. The smallest absolute Gasteiger partial charge is 0.307 e. The van der Waals surface area contributed by atoms with Crippen LogP contribution in [0.15, 0.2) is 24.3 Å². The largest absolute Gasteiger partial charge is 0.481 e. The van der Waals surface area contributed by atoms with E-state index in [1.807, 2.05) is 24.3 Å². The van der Waals surface area contributed by atoms with Gasteiger partial charge < -0.3 is 14.6 Å². The average molecular weight is 319 g/mol. The topological polar surface area (TPSA) is 59.0 Å². The van der Waals surface area contributed by atoms with Crippen LogP contribution in [0.25, 0.3) is 0 Å². The van der Waals surface area contributed by atoms with Crippen molar-refractivity contribution in [2.45, 2.75) is 44.4 Å². The third-order valence-electron chi connectivity index (χ3n) is 4.74. The Kier molecular flexibility index (Phi) is 5.65. The third-order valence-corrected chi connectivity index (χ3v) is 4.74. The summed E-state index contributed by atoms with van der Waals surface area (Å²) in [5.74, 6) is -0.782. The SMILES string of the molecule is O=C(O)Cc1ccccc1CN1CCOCC1CC1CCCO1. The molecule has 0 aromatic heterocycles. The number of rotatable bonds is 6. The number of carboxylic acids is 1. The lowest BCUT2D eigenvalue weighted by Gasteiger charge is -2.37. The molecule has 2 aliphatic rings. The number of ether oxygens (including phenoxy) is 2. The van der Waals surface area contributed by atoms with E-state index in [4.69, 9.17) is 14.6 Å². The summed E-state index contributed by atoms with van der Waals surface area (Å²) in [7, 11) is 0. The molecule has 2 saturated heterocycles. The standard InChI is InChI=1S/C18H25NO4/c20-18(21)10-14-4-1-2-5-15(14)12-19-7-9-22-13-16(19)11-17-6-3-8-23-17/h1-2,4-5,16-17H,3,6-13H2,(H,20,21). The summed E-state index contributed by atoms with van der Waals surface area (Å²) in [5.41, 5.74) is 2.01. The van der Waals surface area contributed by atoms with Gasteiger partial charge in [-0.05, 0) is 30.4 Å². The summed E-state index contributed by atoms with van der Waals surface area (Å²) in [6, 6.07) is 8.20. The van der Waals surface area contributed by atoms with Gasteiger partial charge in [0.15, 0.2) is 0 Å². The first-order valence-electron chi connectivity index (χ1n) is 8.44. The van der Waals surface area contributed by atoms with E-state index in [1.54, 1.807) is 0 Å². The van der Waals surface area contributed by atoms with Gasteiger partial charge in [-0.1, -0.05) is 24.3 Å². The van der Waals surface area contributed by atoms with E-state index in [2.05, 4.69) is 4.90 Å². The zero-order valence-electron chi connectivity index (χ0n) is 13.4. The van der Waals surface area contributed by atoms with Crippen LogP contribution in [0, 0.1) is 0 Å². The molecular weight excluding hydrogens is 294 g/mol. The number of hydrogen-bond donors (Lipinski definition) is 1. The fraction of sp³-hybridized carbons (Fsp3) is 0.611. The maximum absolute atomic E-state index is 11.1. The second kappa shape index (κ2) is 7.90. The van der Waals surface area contributed by atoms with Crippen LogP contribution in [0.5, 0.6) is 0 Å². The Labute approximate surface area is 137 Å². The second-order valence-corrected chi connectivity index (χ2v) is 6.41. The molecule has 5 nitrogen and oxygen atoms in total. The van der Waals surface area contributed by atoms with E-state index in [9.17, 15) is 4.79 Å². The third kappa shape index (κ3) is 4.53. The molecule has 5 heteroatoms. The molecule has 1 N–H and O–H groups in total. The first-order valence-corrected chi connectivity index (χ1v) is 8.44. The highest BCUT2D eigenvalue weighted by molar-refractivity contribution is 5.70. The van der Waals surface area contributed by atoms with Gasteiger partial charge in [0.25, 0.3) is 0 Å². The van der Waals surface area contributed by atoms with E-state index in [-0.39, 0.29) is 6.42 Å². The lowest BCUT2D eigenvalue weighted by Crippen LogP contribution is -2.46. The van der Waals surface area contributed by atoms with Crippen molar-refractivity contribution in [2.24, 2.45) is 0 Å². The van der Waals surface area contributed by atoms with Gasteiger partial charge in [-0.15, -0.1) is 0 Å².